The van der Waals surface area contributed by atoms with Crippen LogP contribution in [0.25, 0.3) is 0 Å². The smallest absolute Gasteiger partial charge is 0.283 e. The van der Waals surface area contributed by atoms with Crippen LogP contribution in [0.4, 0.5) is 10.1 Å². The lowest BCUT2D eigenvalue weighted by Crippen LogP contribution is -2.37. The highest BCUT2D eigenvalue weighted by molar-refractivity contribution is 6.52. The zero-order chi connectivity index (χ0) is 16.6. The number of hydrogen-bond donors (Lipinski definition) is 1. The van der Waals surface area contributed by atoms with E-state index in [0.717, 1.165) is 36.6 Å². The molecule has 3 rings (SSSR count). The van der Waals surface area contributed by atoms with E-state index >= 15 is 0 Å². The van der Waals surface area contributed by atoms with Gasteiger partial charge in [-0.2, -0.15) is 0 Å². The van der Waals surface area contributed by atoms with Crippen LogP contribution in [0.2, 0.25) is 5.02 Å². The number of rotatable bonds is 3. The van der Waals surface area contributed by atoms with Crippen molar-refractivity contribution in [2.45, 2.75) is 38.1 Å². The summed E-state index contributed by atoms with van der Waals surface area (Å²) in [5, 5.41) is 2.80. The fourth-order valence-electron chi connectivity index (χ4n) is 2.94. The first-order valence-corrected chi connectivity index (χ1v) is 8.25. The molecule has 1 saturated carbocycles. The van der Waals surface area contributed by atoms with Crippen LogP contribution in [0.1, 0.15) is 32.1 Å². The fourth-order valence-corrected chi connectivity index (χ4v) is 3.33. The van der Waals surface area contributed by atoms with Gasteiger partial charge in [-0.3, -0.25) is 9.59 Å². The van der Waals surface area contributed by atoms with Gasteiger partial charge in [-0.15, -0.1) is 0 Å². The second-order valence-corrected chi connectivity index (χ2v) is 6.50. The van der Waals surface area contributed by atoms with Gasteiger partial charge in [0.05, 0.1) is 10.7 Å². The van der Waals surface area contributed by atoms with Crippen LogP contribution in [0.5, 0.6) is 0 Å². The highest BCUT2D eigenvalue weighted by Crippen LogP contribution is 2.31. The largest absolute Gasteiger partial charge is 0.376 e. The highest BCUT2D eigenvalue weighted by atomic mass is 35.5. The summed E-state index contributed by atoms with van der Waals surface area (Å²) in [6, 6.07) is 3.81. The number of amides is 2. The SMILES string of the molecule is O=C1C(Cl)=C(NC2CCCCC2)C(=O)N1c1ccc(F)c(Cl)c1. The van der Waals surface area contributed by atoms with Crippen molar-refractivity contribution >= 4 is 40.7 Å². The van der Waals surface area contributed by atoms with Crippen molar-refractivity contribution in [3.63, 3.8) is 0 Å². The Kier molecular flexibility index (Phi) is 4.60. The Balaban J connectivity index is 1.84. The Bertz CT molecular complexity index is 699. The summed E-state index contributed by atoms with van der Waals surface area (Å²) in [5.74, 6) is -1.78. The van der Waals surface area contributed by atoms with Crippen molar-refractivity contribution in [3.8, 4) is 0 Å². The monoisotopic (exact) mass is 356 g/mol. The molecule has 122 valence electrons. The zero-order valence-corrected chi connectivity index (χ0v) is 13.8. The summed E-state index contributed by atoms with van der Waals surface area (Å²) in [4.78, 5) is 25.8. The van der Waals surface area contributed by atoms with Gasteiger partial charge < -0.3 is 5.32 Å². The van der Waals surface area contributed by atoms with Gasteiger partial charge in [0.1, 0.15) is 16.5 Å². The number of halogens is 3. The van der Waals surface area contributed by atoms with Crippen molar-refractivity contribution in [3.05, 3.63) is 39.8 Å². The van der Waals surface area contributed by atoms with E-state index < -0.39 is 17.6 Å². The lowest BCUT2D eigenvalue weighted by atomic mass is 9.95. The van der Waals surface area contributed by atoms with Crippen molar-refractivity contribution in [2.75, 3.05) is 4.90 Å². The van der Waals surface area contributed by atoms with Crippen LogP contribution in [-0.2, 0) is 9.59 Å². The standard InChI is InChI=1S/C16H15Cl2FN2O2/c17-11-8-10(6-7-12(11)19)21-15(22)13(18)14(16(21)23)20-9-4-2-1-3-5-9/h6-9,20H,1-5H2. The van der Waals surface area contributed by atoms with E-state index in [1.807, 2.05) is 0 Å². The van der Waals surface area contributed by atoms with Crippen LogP contribution >= 0.6 is 23.2 Å². The second kappa shape index (κ2) is 6.49. The number of benzene rings is 1. The Hall–Kier alpha value is -1.59. The molecule has 1 fully saturated rings. The van der Waals surface area contributed by atoms with Gasteiger partial charge in [-0.1, -0.05) is 42.5 Å². The zero-order valence-electron chi connectivity index (χ0n) is 12.2. The van der Waals surface area contributed by atoms with Crippen LogP contribution in [0.3, 0.4) is 0 Å². The minimum Gasteiger partial charge on any atom is -0.376 e. The molecule has 0 bridgehead atoms. The highest BCUT2D eigenvalue weighted by Gasteiger charge is 2.39. The van der Waals surface area contributed by atoms with E-state index in [4.69, 9.17) is 23.2 Å². The third-order valence-corrected chi connectivity index (χ3v) is 4.78. The average molecular weight is 357 g/mol. The van der Waals surface area contributed by atoms with Gasteiger partial charge in [0, 0.05) is 6.04 Å². The molecule has 1 aliphatic heterocycles. The number of carbonyl (C=O) groups excluding carboxylic acids is 2. The molecular formula is C16H15Cl2FN2O2. The average Bonchev–Trinajstić information content (AvgIpc) is 2.75. The summed E-state index contributed by atoms with van der Waals surface area (Å²) in [5.41, 5.74) is 0.314. The summed E-state index contributed by atoms with van der Waals surface area (Å²) in [6.07, 6.45) is 5.23. The van der Waals surface area contributed by atoms with Crippen LogP contribution in [-0.4, -0.2) is 17.9 Å². The van der Waals surface area contributed by atoms with Gasteiger partial charge in [-0.05, 0) is 31.0 Å². The number of hydrogen-bond acceptors (Lipinski definition) is 3. The molecule has 1 N–H and O–H groups in total. The topological polar surface area (TPSA) is 49.4 Å². The minimum absolute atomic E-state index is 0.115. The maximum absolute atomic E-state index is 13.3. The fraction of sp³-hybridized carbons (Fsp3) is 0.375. The predicted molar refractivity (Wildman–Crippen MR) is 86.8 cm³/mol. The maximum Gasteiger partial charge on any atom is 0.283 e. The number of nitrogens with one attached hydrogen (secondary N) is 1. The van der Waals surface area contributed by atoms with Gasteiger partial charge in [0.25, 0.3) is 11.8 Å². The summed E-state index contributed by atoms with van der Waals surface area (Å²) in [7, 11) is 0. The first kappa shape index (κ1) is 16.3. The van der Waals surface area contributed by atoms with Gasteiger partial charge in [-0.25, -0.2) is 9.29 Å². The van der Waals surface area contributed by atoms with E-state index in [2.05, 4.69) is 5.32 Å². The van der Waals surface area contributed by atoms with Crippen molar-refractivity contribution < 1.29 is 14.0 Å². The van der Waals surface area contributed by atoms with Crippen molar-refractivity contribution in [1.29, 1.82) is 0 Å². The molecule has 1 aromatic rings. The number of nitrogens with zero attached hydrogens (tertiary/aromatic N) is 1. The first-order chi connectivity index (χ1) is 11.0. The van der Waals surface area contributed by atoms with Crippen LogP contribution in [0.15, 0.2) is 28.9 Å². The predicted octanol–water partition coefficient (Wildman–Crippen LogP) is 3.73. The van der Waals surface area contributed by atoms with E-state index in [-0.39, 0.29) is 27.5 Å². The molecule has 2 aliphatic rings. The maximum atomic E-state index is 13.3. The Morgan fingerprint density at radius 3 is 2.43 bits per heavy atom. The quantitative estimate of drug-likeness (QED) is 0.839. The first-order valence-electron chi connectivity index (χ1n) is 7.49. The number of imide groups is 1. The molecule has 0 spiro atoms. The second-order valence-electron chi connectivity index (χ2n) is 5.71. The van der Waals surface area contributed by atoms with Crippen LogP contribution in [0, 0.1) is 5.82 Å². The third kappa shape index (κ3) is 3.08. The number of anilines is 1. The van der Waals surface area contributed by atoms with E-state index in [9.17, 15) is 14.0 Å². The normalized spacial score (nSPS) is 19.7. The van der Waals surface area contributed by atoms with Crippen LogP contribution < -0.4 is 10.2 Å². The molecule has 0 saturated heterocycles. The summed E-state index contributed by atoms with van der Waals surface area (Å²) >= 11 is 11.8. The molecular weight excluding hydrogens is 342 g/mol. The molecule has 4 nitrogen and oxygen atoms in total. The van der Waals surface area contributed by atoms with E-state index in [1.54, 1.807) is 0 Å². The molecule has 1 heterocycles. The molecule has 0 atom stereocenters. The Morgan fingerprint density at radius 2 is 1.78 bits per heavy atom. The minimum atomic E-state index is -0.627. The Morgan fingerprint density at radius 1 is 1.09 bits per heavy atom. The van der Waals surface area contributed by atoms with E-state index in [0.29, 0.717) is 0 Å². The van der Waals surface area contributed by atoms with E-state index in [1.165, 1.54) is 18.6 Å². The molecule has 7 heteroatoms. The van der Waals surface area contributed by atoms with Gasteiger partial charge in [0.2, 0.25) is 0 Å². The Labute approximate surface area is 143 Å². The van der Waals surface area contributed by atoms with Crippen molar-refractivity contribution in [1.82, 2.24) is 5.32 Å². The molecule has 1 aromatic carbocycles. The molecule has 0 unspecified atom stereocenters. The van der Waals surface area contributed by atoms with Gasteiger partial charge >= 0.3 is 0 Å². The van der Waals surface area contributed by atoms with Crippen molar-refractivity contribution in [2.24, 2.45) is 0 Å². The van der Waals surface area contributed by atoms with Gasteiger partial charge in [0.15, 0.2) is 0 Å². The summed E-state index contributed by atoms with van der Waals surface area (Å²) < 4.78 is 13.3. The molecule has 0 aromatic heterocycles. The molecule has 1 aliphatic carbocycles. The molecule has 0 radical (unpaired) electrons. The number of carbonyl (C=O) groups is 2. The molecule has 2 amide bonds. The molecule has 23 heavy (non-hydrogen) atoms. The summed E-state index contributed by atoms with van der Waals surface area (Å²) in [6.45, 7) is 0. The lowest BCUT2D eigenvalue weighted by molar-refractivity contribution is -0.120. The lowest BCUT2D eigenvalue weighted by Gasteiger charge is -2.24. The third-order valence-electron chi connectivity index (χ3n) is 4.14.